The number of carbonyl (C=O) groups excluding carboxylic acids is 2. The van der Waals surface area contributed by atoms with Gasteiger partial charge in [0.25, 0.3) is 11.6 Å². The predicted molar refractivity (Wildman–Crippen MR) is 98.6 cm³/mol. The fourth-order valence-corrected chi connectivity index (χ4v) is 2.49. The van der Waals surface area contributed by atoms with Gasteiger partial charge in [0.15, 0.2) is 0 Å². The number of amides is 1. The molecule has 12 heteroatoms. The number of esters is 1. The lowest BCUT2D eigenvalue weighted by Gasteiger charge is -2.12. The summed E-state index contributed by atoms with van der Waals surface area (Å²) < 4.78 is 48.2. The van der Waals surface area contributed by atoms with Gasteiger partial charge in [-0.3, -0.25) is 19.7 Å². The summed E-state index contributed by atoms with van der Waals surface area (Å²) in [6, 6.07) is 5.52. The van der Waals surface area contributed by atoms with Gasteiger partial charge in [-0.15, -0.1) is 0 Å². The van der Waals surface area contributed by atoms with Crippen molar-refractivity contribution in [1.82, 2.24) is 5.32 Å². The van der Waals surface area contributed by atoms with E-state index in [-0.39, 0.29) is 23.1 Å². The summed E-state index contributed by atoms with van der Waals surface area (Å²) in [6.07, 6.45) is -4.60. The van der Waals surface area contributed by atoms with E-state index >= 15 is 0 Å². The number of hydrogen-bond acceptors (Lipinski definition) is 6. The number of nitrogens with one attached hydrogen (secondary N) is 1. The molecule has 2 aromatic carbocycles. The molecule has 0 saturated heterocycles. The number of carbonyl (C=O) groups is 2. The Morgan fingerprint density at radius 3 is 2.47 bits per heavy atom. The van der Waals surface area contributed by atoms with Crippen molar-refractivity contribution in [2.75, 3.05) is 13.2 Å². The molecule has 0 saturated carbocycles. The van der Waals surface area contributed by atoms with E-state index in [2.05, 4.69) is 10.1 Å². The molecule has 8 nitrogen and oxygen atoms in total. The summed E-state index contributed by atoms with van der Waals surface area (Å²) in [5.41, 5.74) is -1.98. The van der Waals surface area contributed by atoms with E-state index in [1.807, 2.05) is 0 Å². The van der Waals surface area contributed by atoms with Crippen molar-refractivity contribution >= 4 is 29.2 Å². The van der Waals surface area contributed by atoms with Gasteiger partial charge in [-0.05, 0) is 31.2 Å². The van der Waals surface area contributed by atoms with Gasteiger partial charge in [-0.1, -0.05) is 11.6 Å². The molecule has 0 aliphatic heterocycles. The van der Waals surface area contributed by atoms with Crippen LogP contribution in [-0.2, 0) is 15.7 Å². The molecule has 0 radical (unpaired) electrons. The first-order valence-corrected chi connectivity index (χ1v) is 8.67. The molecule has 2 aromatic rings. The Kier molecular flexibility index (Phi) is 7.22. The van der Waals surface area contributed by atoms with Crippen LogP contribution in [0.1, 0.15) is 22.8 Å². The molecule has 0 atom stereocenters. The highest BCUT2D eigenvalue weighted by Crippen LogP contribution is 2.37. The van der Waals surface area contributed by atoms with Crippen LogP contribution >= 0.6 is 11.6 Å². The predicted octanol–water partition coefficient (Wildman–Crippen LogP) is 4.35. The van der Waals surface area contributed by atoms with E-state index < -0.39 is 46.3 Å². The van der Waals surface area contributed by atoms with Crippen molar-refractivity contribution in [1.29, 1.82) is 0 Å². The Bertz CT molecular complexity index is 981. The maximum Gasteiger partial charge on any atom is 0.416 e. The maximum absolute atomic E-state index is 12.7. The minimum atomic E-state index is -4.60. The second kappa shape index (κ2) is 9.44. The fraction of sp³-hybridized carbons (Fsp3) is 0.222. The van der Waals surface area contributed by atoms with Crippen LogP contribution in [0.15, 0.2) is 36.4 Å². The van der Waals surface area contributed by atoms with Gasteiger partial charge in [0, 0.05) is 12.1 Å². The third kappa shape index (κ3) is 5.83. The molecule has 0 aromatic heterocycles. The summed E-state index contributed by atoms with van der Waals surface area (Å²) >= 11 is 5.82. The summed E-state index contributed by atoms with van der Waals surface area (Å²) in [6.45, 7) is 1.14. The lowest BCUT2D eigenvalue weighted by molar-refractivity contribution is -0.385. The first-order chi connectivity index (χ1) is 14.0. The first-order valence-electron chi connectivity index (χ1n) is 8.29. The highest BCUT2D eigenvalue weighted by atomic mass is 35.5. The number of halogens is 4. The van der Waals surface area contributed by atoms with Gasteiger partial charge in [0.1, 0.15) is 23.6 Å². The number of rotatable bonds is 7. The average molecular weight is 447 g/mol. The van der Waals surface area contributed by atoms with E-state index in [0.717, 1.165) is 30.3 Å². The Morgan fingerprint density at radius 2 is 1.90 bits per heavy atom. The minimum Gasteiger partial charge on any atom is -0.465 e. The monoisotopic (exact) mass is 446 g/mol. The van der Waals surface area contributed by atoms with E-state index in [1.54, 1.807) is 6.92 Å². The number of ether oxygens (including phenoxy) is 2. The SMILES string of the molecule is CCOC(=O)CNC(=O)c1cc(Oc2ccc(C(F)(F)F)cc2Cl)ccc1[N+](=O)[O-]. The molecule has 160 valence electrons. The number of alkyl halides is 3. The van der Waals surface area contributed by atoms with Crippen LogP contribution in [0.25, 0.3) is 0 Å². The Hall–Kier alpha value is -3.34. The third-order valence-corrected chi connectivity index (χ3v) is 3.89. The molecule has 0 fully saturated rings. The molecule has 0 aliphatic rings. The normalized spacial score (nSPS) is 11.0. The summed E-state index contributed by atoms with van der Waals surface area (Å²) in [5, 5.41) is 13.0. The topological polar surface area (TPSA) is 108 Å². The summed E-state index contributed by atoms with van der Waals surface area (Å²) in [5.74, 6) is -1.93. The molecule has 0 heterocycles. The molecule has 0 bridgehead atoms. The van der Waals surface area contributed by atoms with Gasteiger partial charge in [0.05, 0.1) is 22.1 Å². The standard InChI is InChI=1S/C18H14ClF3N2O6/c1-2-29-16(25)9-23-17(26)12-8-11(4-5-14(12)24(27)28)30-15-6-3-10(7-13(15)19)18(20,21)22/h3-8H,2,9H2,1H3,(H,23,26). The van der Waals surface area contributed by atoms with E-state index in [0.29, 0.717) is 6.07 Å². The van der Waals surface area contributed by atoms with E-state index in [4.69, 9.17) is 16.3 Å². The van der Waals surface area contributed by atoms with E-state index in [1.165, 1.54) is 0 Å². The molecule has 0 unspecified atom stereocenters. The molecule has 0 aliphatic carbocycles. The van der Waals surface area contributed by atoms with Crippen molar-refractivity contribution in [3.05, 3.63) is 62.7 Å². The maximum atomic E-state index is 12.7. The molecule has 30 heavy (non-hydrogen) atoms. The zero-order valence-corrected chi connectivity index (χ0v) is 16.0. The van der Waals surface area contributed by atoms with Crippen molar-refractivity contribution in [3.8, 4) is 11.5 Å². The fourth-order valence-electron chi connectivity index (χ4n) is 2.27. The molecular formula is C18H14ClF3N2O6. The Balaban J connectivity index is 2.28. The zero-order chi connectivity index (χ0) is 22.5. The number of nitrogens with zero attached hydrogens (tertiary/aromatic N) is 1. The van der Waals surface area contributed by atoms with Crippen LogP contribution in [-0.4, -0.2) is 30.0 Å². The summed E-state index contributed by atoms with van der Waals surface area (Å²) in [7, 11) is 0. The minimum absolute atomic E-state index is 0.0893. The van der Waals surface area contributed by atoms with Crippen molar-refractivity contribution < 1.29 is 37.2 Å². The van der Waals surface area contributed by atoms with Gasteiger partial charge in [-0.2, -0.15) is 13.2 Å². The zero-order valence-electron chi connectivity index (χ0n) is 15.3. The van der Waals surface area contributed by atoms with Gasteiger partial charge in [0.2, 0.25) is 0 Å². The lowest BCUT2D eigenvalue weighted by Crippen LogP contribution is -2.31. The number of hydrogen-bond donors (Lipinski definition) is 1. The van der Waals surface area contributed by atoms with Crippen LogP contribution < -0.4 is 10.1 Å². The van der Waals surface area contributed by atoms with Gasteiger partial charge in [-0.25, -0.2) is 0 Å². The average Bonchev–Trinajstić information content (AvgIpc) is 2.66. The number of nitro benzene ring substituents is 1. The Morgan fingerprint density at radius 1 is 1.20 bits per heavy atom. The first kappa shape index (κ1) is 22.9. The number of nitro groups is 1. The quantitative estimate of drug-likeness (QED) is 0.385. The highest BCUT2D eigenvalue weighted by Gasteiger charge is 2.31. The van der Waals surface area contributed by atoms with Crippen LogP contribution in [0.3, 0.4) is 0 Å². The van der Waals surface area contributed by atoms with E-state index in [9.17, 15) is 32.9 Å². The van der Waals surface area contributed by atoms with Gasteiger partial charge >= 0.3 is 12.1 Å². The second-order valence-electron chi connectivity index (χ2n) is 5.67. The van der Waals surface area contributed by atoms with Crippen LogP contribution in [0.2, 0.25) is 5.02 Å². The number of benzene rings is 2. The molecule has 2 rings (SSSR count). The third-order valence-electron chi connectivity index (χ3n) is 3.59. The molecule has 0 spiro atoms. The van der Waals surface area contributed by atoms with Crippen molar-refractivity contribution in [3.63, 3.8) is 0 Å². The largest absolute Gasteiger partial charge is 0.465 e. The second-order valence-corrected chi connectivity index (χ2v) is 6.08. The molecule has 1 amide bonds. The van der Waals surface area contributed by atoms with Gasteiger partial charge < -0.3 is 14.8 Å². The van der Waals surface area contributed by atoms with Crippen LogP contribution in [0.5, 0.6) is 11.5 Å². The highest BCUT2D eigenvalue weighted by molar-refractivity contribution is 6.32. The van der Waals surface area contributed by atoms with Crippen molar-refractivity contribution in [2.45, 2.75) is 13.1 Å². The lowest BCUT2D eigenvalue weighted by atomic mass is 10.1. The molecular weight excluding hydrogens is 433 g/mol. The smallest absolute Gasteiger partial charge is 0.416 e. The molecule has 1 N–H and O–H groups in total. The van der Waals surface area contributed by atoms with Crippen molar-refractivity contribution in [2.24, 2.45) is 0 Å². The van der Waals surface area contributed by atoms with Crippen LogP contribution in [0, 0.1) is 10.1 Å². The Labute approximate surface area is 172 Å². The summed E-state index contributed by atoms with van der Waals surface area (Å²) in [4.78, 5) is 34.0. The van der Waals surface area contributed by atoms with Crippen LogP contribution in [0.4, 0.5) is 18.9 Å².